The van der Waals surface area contributed by atoms with Gasteiger partial charge in [0.05, 0.1) is 0 Å². The van der Waals surface area contributed by atoms with Crippen LogP contribution in [-0.2, 0) is 14.4 Å². The van der Waals surface area contributed by atoms with Crippen molar-refractivity contribution >= 4 is 35.0 Å². The van der Waals surface area contributed by atoms with E-state index in [1.807, 2.05) is 0 Å². The van der Waals surface area contributed by atoms with Crippen LogP contribution in [0.3, 0.4) is 0 Å². The van der Waals surface area contributed by atoms with Gasteiger partial charge in [-0.05, 0) is 31.0 Å². The molecule has 23 heavy (non-hydrogen) atoms. The van der Waals surface area contributed by atoms with Gasteiger partial charge in [-0.2, -0.15) is 0 Å². The van der Waals surface area contributed by atoms with E-state index in [0.29, 0.717) is 11.4 Å². The smallest absolute Gasteiger partial charge is 0.269 e. The van der Waals surface area contributed by atoms with Gasteiger partial charge in [-0.25, -0.2) is 0 Å². The summed E-state index contributed by atoms with van der Waals surface area (Å²) in [5, 5.41) is 5.10. The Kier molecular flexibility index (Phi) is 4.95. The molecule has 0 heterocycles. The highest BCUT2D eigenvalue weighted by atomic mass is 16.2. The number of anilines is 2. The predicted molar refractivity (Wildman–Crippen MR) is 83.4 cm³/mol. The van der Waals surface area contributed by atoms with E-state index in [9.17, 15) is 19.2 Å². The molecule has 1 fully saturated rings. The van der Waals surface area contributed by atoms with Crippen LogP contribution in [0.25, 0.3) is 0 Å². The molecule has 0 unspecified atom stereocenters. The van der Waals surface area contributed by atoms with Crippen molar-refractivity contribution in [2.24, 2.45) is 5.92 Å². The van der Waals surface area contributed by atoms with Crippen molar-refractivity contribution in [1.82, 2.24) is 10.9 Å². The van der Waals surface area contributed by atoms with Crippen molar-refractivity contribution in [3.63, 3.8) is 0 Å². The number of amides is 4. The fourth-order valence-corrected chi connectivity index (χ4v) is 1.95. The fourth-order valence-electron chi connectivity index (χ4n) is 1.95. The zero-order chi connectivity index (χ0) is 17.0. The zero-order valence-electron chi connectivity index (χ0n) is 12.9. The van der Waals surface area contributed by atoms with Gasteiger partial charge >= 0.3 is 0 Å². The first-order chi connectivity index (χ1) is 10.8. The highest BCUT2D eigenvalue weighted by Gasteiger charge is 2.29. The van der Waals surface area contributed by atoms with E-state index in [4.69, 9.17) is 0 Å². The van der Waals surface area contributed by atoms with E-state index < -0.39 is 5.91 Å². The summed E-state index contributed by atoms with van der Waals surface area (Å²) in [6.45, 7) is 2.67. The largest absolute Gasteiger partial charge is 0.326 e. The van der Waals surface area contributed by atoms with Crippen LogP contribution in [0.15, 0.2) is 18.2 Å². The monoisotopic (exact) mass is 318 g/mol. The molecule has 0 saturated heterocycles. The minimum Gasteiger partial charge on any atom is -0.326 e. The highest BCUT2D eigenvalue weighted by molar-refractivity contribution is 6.00. The molecule has 0 aliphatic heterocycles. The zero-order valence-corrected chi connectivity index (χ0v) is 12.9. The lowest BCUT2D eigenvalue weighted by molar-refractivity contribution is -0.123. The predicted octanol–water partition coefficient (Wildman–Crippen LogP) is 0.774. The summed E-state index contributed by atoms with van der Waals surface area (Å²) in [4.78, 5) is 46.0. The van der Waals surface area contributed by atoms with Crippen LogP contribution < -0.4 is 21.5 Å². The second-order valence-corrected chi connectivity index (χ2v) is 5.38. The lowest BCUT2D eigenvalue weighted by atomic mass is 10.1. The summed E-state index contributed by atoms with van der Waals surface area (Å²) < 4.78 is 0. The second-order valence-electron chi connectivity index (χ2n) is 5.38. The Balaban J connectivity index is 2.13. The first-order valence-electron chi connectivity index (χ1n) is 7.15. The average Bonchev–Trinajstić information content (AvgIpc) is 3.27. The SMILES string of the molecule is CC(=O)Nc1cc(NC(C)=O)cc(C(=O)NNC(=O)C2CC2)c1. The van der Waals surface area contributed by atoms with E-state index in [2.05, 4.69) is 21.5 Å². The molecule has 1 aliphatic rings. The lowest BCUT2D eigenvalue weighted by Gasteiger charge is -2.11. The lowest BCUT2D eigenvalue weighted by Crippen LogP contribution is -2.42. The summed E-state index contributed by atoms with van der Waals surface area (Å²) in [5.74, 6) is -1.41. The molecule has 8 nitrogen and oxygen atoms in total. The molecule has 1 aromatic rings. The summed E-state index contributed by atoms with van der Waals surface area (Å²) in [6, 6.07) is 4.43. The van der Waals surface area contributed by atoms with Crippen molar-refractivity contribution in [3.8, 4) is 0 Å². The standard InChI is InChI=1S/C15H18N4O4/c1-8(20)16-12-5-11(6-13(7-12)17-9(2)21)15(23)19-18-14(22)10-3-4-10/h5-7,10H,3-4H2,1-2H3,(H,16,20)(H,17,21)(H,18,22)(H,19,23). The number of benzene rings is 1. The maximum atomic E-state index is 12.1. The van der Waals surface area contributed by atoms with Gasteiger partial charge in [-0.3, -0.25) is 30.0 Å². The second kappa shape index (κ2) is 6.91. The van der Waals surface area contributed by atoms with E-state index in [1.165, 1.54) is 32.0 Å². The Bertz CT molecular complexity index is 633. The van der Waals surface area contributed by atoms with E-state index in [-0.39, 0.29) is 29.2 Å². The fraction of sp³-hybridized carbons (Fsp3) is 0.333. The van der Waals surface area contributed by atoms with Gasteiger partial charge in [0.1, 0.15) is 0 Å². The summed E-state index contributed by atoms with van der Waals surface area (Å²) in [7, 11) is 0. The summed E-state index contributed by atoms with van der Waals surface area (Å²) >= 11 is 0. The van der Waals surface area contributed by atoms with Crippen molar-refractivity contribution in [1.29, 1.82) is 0 Å². The number of hydrogen-bond donors (Lipinski definition) is 4. The van der Waals surface area contributed by atoms with Gasteiger partial charge < -0.3 is 10.6 Å². The number of carbonyl (C=O) groups excluding carboxylic acids is 4. The maximum Gasteiger partial charge on any atom is 0.269 e. The minimum absolute atomic E-state index is 0.0315. The molecule has 4 N–H and O–H groups in total. The molecule has 2 rings (SSSR count). The molecule has 4 amide bonds. The quantitative estimate of drug-likeness (QED) is 0.614. The molecule has 0 atom stereocenters. The molecule has 0 aromatic heterocycles. The van der Waals surface area contributed by atoms with Crippen LogP contribution >= 0.6 is 0 Å². The van der Waals surface area contributed by atoms with Crippen LogP contribution in [0.2, 0.25) is 0 Å². The van der Waals surface area contributed by atoms with Crippen LogP contribution in [0.5, 0.6) is 0 Å². The first-order valence-corrected chi connectivity index (χ1v) is 7.15. The van der Waals surface area contributed by atoms with Gasteiger partial charge in [-0.15, -0.1) is 0 Å². The highest BCUT2D eigenvalue weighted by Crippen LogP contribution is 2.28. The molecule has 8 heteroatoms. The molecule has 0 radical (unpaired) electrons. The van der Waals surface area contributed by atoms with Crippen LogP contribution in [0.1, 0.15) is 37.0 Å². The topological polar surface area (TPSA) is 116 Å². The van der Waals surface area contributed by atoms with Gasteiger partial charge in [0, 0.05) is 36.7 Å². The molecule has 1 saturated carbocycles. The van der Waals surface area contributed by atoms with Gasteiger partial charge in [0.2, 0.25) is 17.7 Å². The number of rotatable bonds is 4. The summed E-state index contributed by atoms with van der Waals surface area (Å²) in [5.41, 5.74) is 5.58. The van der Waals surface area contributed by atoms with Crippen molar-refractivity contribution in [2.75, 3.05) is 10.6 Å². The third-order valence-electron chi connectivity index (χ3n) is 3.08. The molecule has 1 aromatic carbocycles. The Hall–Kier alpha value is -2.90. The van der Waals surface area contributed by atoms with Gasteiger partial charge in [0.25, 0.3) is 5.91 Å². The number of hydrogen-bond acceptors (Lipinski definition) is 4. The van der Waals surface area contributed by atoms with Gasteiger partial charge in [0.15, 0.2) is 0 Å². The first kappa shape index (κ1) is 16.5. The van der Waals surface area contributed by atoms with Crippen molar-refractivity contribution in [3.05, 3.63) is 23.8 Å². The van der Waals surface area contributed by atoms with Crippen LogP contribution in [0.4, 0.5) is 11.4 Å². The maximum absolute atomic E-state index is 12.1. The molecule has 0 spiro atoms. The minimum atomic E-state index is -0.544. The van der Waals surface area contributed by atoms with E-state index >= 15 is 0 Å². The van der Waals surface area contributed by atoms with E-state index in [1.54, 1.807) is 0 Å². The summed E-state index contributed by atoms with van der Waals surface area (Å²) in [6.07, 6.45) is 1.65. The van der Waals surface area contributed by atoms with E-state index in [0.717, 1.165) is 12.8 Å². The number of hydrazine groups is 1. The van der Waals surface area contributed by atoms with Crippen LogP contribution in [-0.4, -0.2) is 23.6 Å². The Morgan fingerprint density at radius 2 is 1.39 bits per heavy atom. The Labute approximate surface area is 133 Å². The molecular formula is C15H18N4O4. The van der Waals surface area contributed by atoms with Crippen LogP contribution in [0, 0.1) is 5.92 Å². The third kappa shape index (κ3) is 5.10. The molecule has 122 valence electrons. The number of nitrogens with one attached hydrogen (secondary N) is 4. The molecule has 0 bridgehead atoms. The Morgan fingerprint density at radius 3 is 1.83 bits per heavy atom. The average molecular weight is 318 g/mol. The van der Waals surface area contributed by atoms with Crippen molar-refractivity contribution < 1.29 is 19.2 Å². The molecule has 1 aliphatic carbocycles. The Morgan fingerprint density at radius 1 is 0.870 bits per heavy atom. The molecular weight excluding hydrogens is 300 g/mol. The van der Waals surface area contributed by atoms with Crippen molar-refractivity contribution in [2.45, 2.75) is 26.7 Å². The normalized spacial score (nSPS) is 13.0. The van der Waals surface area contributed by atoms with Gasteiger partial charge in [-0.1, -0.05) is 0 Å². The number of carbonyl (C=O) groups is 4. The third-order valence-corrected chi connectivity index (χ3v) is 3.08.